The second kappa shape index (κ2) is 6.50. The van der Waals surface area contributed by atoms with Crippen LogP contribution in [0.2, 0.25) is 5.02 Å². The summed E-state index contributed by atoms with van der Waals surface area (Å²) in [5, 5.41) is 3.73. The van der Waals surface area contributed by atoms with Gasteiger partial charge in [0, 0.05) is 23.2 Å². The molecule has 0 amide bonds. The van der Waals surface area contributed by atoms with Crippen LogP contribution in [0.1, 0.15) is 37.3 Å². The third-order valence-electron chi connectivity index (χ3n) is 3.48. The van der Waals surface area contributed by atoms with E-state index in [1.54, 1.807) is 12.1 Å². The van der Waals surface area contributed by atoms with E-state index in [1.807, 2.05) is 7.05 Å². The van der Waals surface area contributed by atoms with Gasteiger partial charge in [-0.3, -0.25) is 0 Å². The molecular weight excluding hydrogens is 253 g/mol. The van der Waals surface area contributed by atoms with Gasteiger partial charge in [-0.2, -0.15) is 0 Å². The summed E-state index contributed by atoms with van der Waals surface area (Å²) in [5.41, 5.74) is 0.642. The Labute approximate surface area is 112 Å². The number of rotatable bonds is 5. The summed E-state index contributed by atoms with van der Waals surface area (Å²) in [5.74, 6) is -0.203. The minimum absolute atomic E-state index is 0.00657. The third-order valence-corrected chi connectivity index (χ3v) is 3.72. The fraction of sp³-hybridized carbons (Fsp3) is 0.571. The van der Waals surface area contributed by atoms with E-state index in [1.165, 1.54) is 6.07 Å². The molecule has 0 aromatic heterocycles. The first-order chi connectivity index (χ1) is 8.70. The third kappa shape index (κ3) is 3.44. The number of hydrogen-bond acceptors (Lipinski definition) is 2. The molecule has 100 valence electrons. The molecule has 1 saturated heterocycles. The Balaban J connectivity index is 2.00. The molecule has 2 nitrogen and oxygen atoms in total. The summed E-state index contributed by atoms with van der Waals surface area (Å²) >= 11 is 5.93. The molecule has 1 N–H and O–H groups in total. The summed E-state index contributed by atoms with van der Waals surface area (Å²) in [6.07, 6.45) is 4.41. The topological polar surface area (TPSA) is 21.3 Å². The van der Waals surface area contributed by atoms with Gasteiger partial charge in [0.25, 0.3) is 0 Å². The first kappa shape index (κ1) is 13.8. The molecule has 0 radical (unpaired) electrons. The van der Waals surface area contributed by atoms with E-state index in [0.29, 0.717) is 16.7 Å². The van der Waals surface area contributed by atoms with Crippen molar-refractivity contribution in [2.24, 2.45) is 0 Å². The first-order valence-electron chi connectivity index (χ1n) is 6.44. The summed E-state index contributed by atoms with van der Waals surface area (Å²) < 4.78 is 19.4. The second-order valence-electron chi connectivity index (χ2n) is 4.72. The van der Waals surface area contributed by atoms with Crippen molar-refractivity contribution in [2.45, 2.75) is 37.8 Å². The molecule has 4 heteroatoms. The van der Waals surface area contributed by atoms with Crippen LogP contribution in [0, 0.1) is 5.82 Å². The molecule has 0 aliphatic carbocycles. The highest BCUT2D eigenvalue weighted by Gasteiger charge is 2.20. The summed E-state index contributed by atoms with van der Waals surface area (Å²) in [6.45, 7) is 0.862. The Kier molecular flexibility index (Phi) is 4.98. The Hall–Kier alpha value is -0.640. The van der Waals surface area contributed by atoms with Gasteiger partial charge in [0.1, 0.15) is 5.82 Å². The van der Waals surface area contributed by atoms with Crippen LogP contribution in [-0.4, -0.2) is 19.8 Å². The Bertz CT molecular complexity index is 393. The molecule has 1 aromatic rings. The zero-order chi connectivity index (χ0) is 13.0. The van der Waals surface area contributed by atoms with E-state index >= 15 is 0 Å². The monoisotopic (exact) mass is 271 g/mol. The van der Waals surface area contributed by atoms with E-state index < -0.39 is 0 Å². The zero-order valence-corrected chi connectivity index (χ0v) is 11.3. The molecule has 0 bridgehead atoms. The molecule has 0 spiro atoms. The molecule has 1 aliphatic heterocycles. The smallest absolute Gasteiger partial charge is 0.128 e. The number of ether oxygens (including phenoxy) is 1. The van der Waals surface area contributed by atoms with Crippen molar-refractivity contribution < 1.29 is 9.13 Å². The maximum absolute atomic E-state index is 13.8. The highest BCUT2D eigenvalue weighted by molar-refractivity contribution is 6.30. The average Bonchev–Trinajstić information content (AvgIpc) is 2.87. The predicted octanol–water partition coefficient (Wildman–Crippen LogP) is 3.70. The van der Waals surface area contributed by atoms with Gasteiger partial charge in [-0.05, 0) is 50.9 Å². The molecule has 2 rings (SSSR count). The van der Waals surface area contributed by atoms with Crippen LogP contribution in [0.15, 0.2) is 18.2 Å². The van der Waals surface area contributed by atoms with Gasteiger partial charge in [-0.1, -0.05) is 11.6 Å². The van der Waals surface area contributed by atoms with Crippen LogP contribution >= 0.6 is 11.6 Å². The highest BCUT2D eigenvalue weighted by atomic mass is 35.5. The summed E-state index contributed by atoms with van der Waals surface area (Å²) in [6, 6.07) is 4.70. The number of nitrogens with one attached hydrogen (secondary N) is 1. The molecule has 2 atom stereocenters. The fourth-order valence-electron chi connectivity index (χ4n) is 2.46. The van der Waals surface area contributed by atoms with Crippen molar-refractivity contribution in [3.8, 4) is 0 Å². The lowest BCUT2D eigenvalue weighted by Gasteiger charge is -2.19. The van der Waals surface area contributed by atoms with E-state index in [-0.39, 0.29) is 11.9 Å². The van der Waals surface area contributed by atoms with Crippen molar-refractivity contribution in [2.75, 3.05) is 13.7 Å². The van der Waals surface area contributed by atoms with Crippen LogP contribution in [0.25, 0.3) is 0 Å². The molecule has 1 aliphatic rings. The Morgan fingerprint density at radius 3 is 3.06 bits per heavy atom. The van der Waals surface area contributed by atoms with Crippen molar-refractivity contribution >= 4 is 11.6 Å². The normalized spacial score (nSPS) is 21.2. The van der Waals surface area contributed by atoms with Gasteiger partial charge in [0.15, 0.2) is 0 Å². The van der Waals surface area contributed by atoms with Gasteiger partial charge in [-0.15, -0.1) is 0 Å². The summed E-state index contributed by atoms with van der Waals surface area (Å²) in [7, 11) is 1.85. The minimum Gasteiger partial charge on any atom is -0.378 e. The van der Waals surface area contributed by atoms with Crippen LogP contribution < -0.4 is 5.32 Å². The lowest BCUT2D eigenvalue weighted by Crippen LogP contribution is -2.20. The van der Waals surface area contributed by atoms with Crippen molar-refractivity contribution in [1.29, 1.82) is 0 Å². The zero-order valence-electron chi connectivity index (χ0n) is 10.6. The Morgan fingerprint density at radius 1 is 1.56 bits per heavy atom. The second-order valence-corrected chi connectivity index (χ2v) is 5.16. The Morgan fingerprint density at radius 2 is 2.39 bits per heavy atom. The van der Waals surface area contributed by atoms with Crippen LogP contribution in [-0.2, 0) is 4.74 Å². The largest absolute Gasteiger partial charge is 0.378 e. The highest BCUT2D eigenvalue weighted by Crippen LogP contribution is 2.27. The van der Waals surface area contributed by atoms with Gasteiger partial charge in [0.2, 0.25) is 0 Å². The number of benzene rings is 1. The van der Waals surface area contributed by atoms with Gasteiger partial charge < -0.3 is 10.1 Å². The minimum atomic E-state index is -0.203. The lowest BCUT2D eigenvalue weighted by atomic mass is 9.99. The maximum atomic E-state index is 13.8. The molecule has 0 saturated carbocycles. The van der Waals surface area contributed by atoms with Crippen molar-refractivity contribution in [1.82, 2.24) is 5.32 Å². The van der Waals surface area contributed by atoms with Gasteiger partial charge in [-0.25, -0.2) is 4.39 Å². The quantitative estimate of drug-likeness (QED) is 0.882. The van der Waals surface area contributed by atoms with E-state index in [4.69, 9.17) is 16.3 Å². The van der Waals surface area contributed by atoms with E-state index in [2.05, 4.69) is 5.32 Å². The number of halogens is 2. The van der Waals surface area contributed by atoms with Crippen molar-refractivity contribution in [3.05, 3.63) is 34.6 Å². The number of hydrogen-bond donors (Lipinski definition) is 1. The van der Waals surface area contributed by atoms with Gasteiger partial charge >= 0.3 is 0 Å². The van der Waals surface area contributed by atoms with E-state index in [0.717, 1.165) is 32.3 Å². The van der Waals surface area contributed by atoms with E-state index in [9.17, 15) is 4.39 Å². The molecular formula is C14H19ClFNO. The molecule has 18 heavy (non-hydrogen) atoms. The molecule has 1 aromatic carbocycles. The average molecular weight is 272 g/mol. The standard InChI is InChI=1S/C14H19ClFNO/c1-17-14(7-5-11-3-2-8-18-11)12-9-10(15)4-6-13(12)16/h4,6,9,11,14,17H,2-3,5,7-8H2,1H3. The lowest BCUT2D eigenvalue weighted by molar-refractivity contribution is 0.0997. The molecule has 1 fully saturated rings. The fourth-order valence-corrected chi connectivity index (χ4v) is 2.64. The molecule has 2 unspecified atom stereocenters. The van der Waals surface area contributed by atoms with Gasteiger partial charge in [0.05, 0.1) is 6.10 Å². The van der Waals surface area contributed by atoms with Crippen LogP contribution in [0.5, 0.6) is 0 Å². The van der Waals surface area contributed by atoms with Crippen LogP contribution in [0.4, 0.5) is 4.39 Å². The van der Waals surface area contributed by atoms with Crippen molar-refractivity contribution in [3.63, 3.8) is 0 Å². The maximum Gasteiger partial charge on any atom is 0.128 e. The summed E-state index contributed by atoms with van der Waals surface area (Å²) in [4.78, 5) is 0. The predicted molar refractivity (Wildman–Crippen MR) is 71.4 cm³/mol. The molecule has 1 heterocycles. The SMILES string of the molecule is CNC(CCC1CCCO1)c1cc(Cl)ccc1F. The van der Waals surface area contributed by atoms with Crippen LogP contribution in [0.3, 0.4) is 0 Å². The first-order valence-corrected chi connectivity index (χ1v) is 6.82.